The van der Waals surface area contributed by atoms with Crippen LogP contribution in [0.4, 0.5) is 0 Å². The molecule has 0 spiro atoms. The van der Waals surface area contributed by atoms with E-state index in [1.165, 1.54) is 6.39 Å². The Bertz CT molecular complexity index is 447. The summed E-state index contributed by atoms with van der Waals surface area (Å²) >= 11 is 5.73. The van der Waals surface area contributed by atoms with Gasteiger partial charge in [0.15, 0.2) is 12.2 Å². The molecule has 0 fully saturated rings. The second-order valence-electron chi connectivity index (χ2n) is 3.06. The fourth-order valence-electron chi connectivity index (χ4n) is 1.40. The van der Waals surface area contributed by atoms with Crippen molar-refractivity contribution in [1.29, 1.82) is 0 Å². The Morgan fingerprint density at radius 3 is 2.93 bits per heavy atom. The van der Waals surface area contributed by atoms with Gasteiger partial charge in [-0.25, -0.2) is 4.98 Å². The van der Waals surface area contributed by atoms with Crippen LogP contribution in [0.15, 0.2) is 16.9 Å². The topological polar surface area (TPSA) is 43.9 Å². The average molecular weight is 212 g/mol. The van der Waals surface area contributed by atoms with Crippen LogP contribution in [-0.2, 0) is 12.9 Å². The molecule has 74 valence electrons. The molecule has 0 aliphatic rings. The summed E-state index contributed by atoms with van der Waals surface area (Å²) in [5, 5.41) is 4.23. The summed E-state index contributed by atoms with van der Waals surface area (Å²) in [6, 6.07) is 1.94. The van der Waals surface area contributed by atoms with Gasteiger partial charge in [-0.1, -0.05) is 0 Å². The molecule has 0 saturated heterocycles. The summed E-state index contributed by atoms with van der Waals surface area (Å²) in [6.45, 7) is 1.93. The van der Waals surface area contributed by atoms with Crippen molar-refractivity contribution in [2.45, 2.75) is 12.8 Å². The molecule has 0 bridgehead atoms. The highest BCUT2D eigenvalue weighted by Gasteiger charge is 2.13. The van der Waals surface area contributed by atoms with Crippen LogP contribution >= 0.6 is 11.6 Å². The van der Waals surface area contributed by atoms with Crippen LogP contribution in [0, 0.1) is 6.92 Å². The number of alkyl halides is 1. The van der Waals surface area contributed by atoms with Gasteiger partial charge < -0.3 is 4.42 Å². The molecule has 5 heteroatoms. The molecular formula is C9H10ClN3O. The first-order valence-corrected chi connectivity index (χ1v) is 4.75. The smallest absolute Gasteiger partial charge is 0.181 e. The number of rotatable bonds is 2. The number of oxazole rings is 1. The van der Waals surface area contributed by atoms with Crippen molar-refractivity contribution in [3.63, 3.8) is 0 Å². The van der Waals surface area contributed by atoms with E-state index >= 15 is 0 Å². The van der Waals surface area contributed by atoms with Gasteiger partial charge in [0.25, 0.3) is 0 Å². The summed E-state index contributed by atoms with van der Waals surface area (Å²) in [5.74, 6) is 1.04. The predicted octanol–water partition coefficient (Wildman–Crippen LogP) is 2.12. The highest BCUT2D eigenvalue weighted by molar-refractivity contribution is 6.17. The first-order valence-electron chi connectivity index (χ1n) is 4.21. The molecule has 2 aromatic rings. The largest absolute Gasteiger partial charge is 0.442 e. The Hall–Kier alpha value is -1.29. The van der Waals surface area contributed by atoms with E-state index in [2.05, 4.69) is 10.1 Å². The van der Waals surface area contributed by atoms with Gasteiger partial charge in [-0.3, -0.25) is 4.68 Å². The molecule has 0 radical (unpaired) electrons. The Kier molecular flexibility index (Phi) is 2.29. The molecular weight excluding hydrogens is 202 g/mol. The Morgan fingerprint density at radius 1 is 1.57 bits per heavy atom. The minimum absolute atomic E-state index is 0.343. The maximum atomic E-state index is 5.73. The van der Waals surface area contributed by atoms with Gasteiger partial charge in [0.05, 0.1) is 11.6 Å². The van der Waals surface area contributed by atoms with Crippen LogP contribution in [0.25, 0.3) is 11.5 Å². The van der Waals surface area contributed by atoms with Gasteiger partial charge >= 0.3 is 0 Å². The first-order chi connectivity index (χ1) is 6.72. The molecule has 0 aliphatic heterocycles. The third-order valence-corrected chi connectivity index (χ3v) is 2.26. The summed E-state index contributed by atoms with van der Waals surface area (Å²) in [6.07, 6.45) is 1.40. The highest BCUT2D eigenvalue weighted by Crippen LogP contribution is 2.24. The summed E-state index contributed by atoms with van der Waals surface area (Å²) in [7, 11) is 1.86. The monoisotopic (exact) mass is 211 g/mol. The average Bonchev–Trinajstić information content (AvgIpc) is 2.71. The number of halogens is 1. The Labute approximate surface area is 86.5 Å². The lowest BCUT2D eigenvalue weighted by atomic mass is 10.2. The van der Waals surface area contributed by atoms with Crippen LogP contribution in [0.1, 0.15) is 11.4 Å². The third kappa shape index (κ3) is 1.42. The van der Waals surface area contributed by atoms with Crippen molar-refractivity contribution < 1.29 is 4.42 Å². The van der Waals surface area contributed by atoms with Crippen molar-refractivity contribution >= 4 is 11.6 Å². The van der Waals surface area contributed by atoms with Crippen LogP contribution in [-0.4, -0.2) is 14.8 Å². The number of aryl methyl sites for hydroxylation is 2. The number of aromatic nitrogens is 3. The van der Waals surface area contributed by atoms with E-state index in [9.17, 15) is 0 Å². The molecule has 4 nitrogen and oxygen atoms in total. The molecule has 0 aromatic carbocycles. The van der Waals surface area contributed by atoms with Gasteiger partial charge in [-0.15, -0.1) is 11.6 Å². The zero-order chi connectivity index (χ0) is 10.1. The molecule has 0 atom stereocenters. The predicted molar refractivity (Wildman–Crippen MR) is 53.0 cm³/mol. The van der Waals surface area contributed by atoms with Gasteiger partial charge in [0.2, 0.25) is 0 Å². The van der Waals surface area contributed by atoms with Gasteiger partial charge in [0.1, 0.15) is 11.4 Å². The van der Waals surface area contributed by atoms with E-state index in [1.54, 1.807) is 4.68 Å². The standard InChI is InChI=1S/C9H10ClN3O/c1-6-3-8(13(2)12-6)9-7(4-10)11-5-14-9/h3,5H,4H2,1-2H3. The fourth-order valence-corrected chi connectivity index (χ4v) is 1.59. The van der Waals surface area contributed by atoms with Crippen LogP contribution in [0.2, 0.25) is 0 Å². The maximum absolute atomic E-state index is 5.73. The molecule has 0 saturated carbocycles. The van der Waals surface area contributed by atoms with E-state index in [0.717, 1.165) is 17.1 Å². The van der Waals surface area contributed by atoms with E-state index < -0.39 is 0 Å². The van der Waals surface area contributed by atoms with E-state index in [0.29, 0.717) is 11.6 Å². The Balaban J connectivity index is 2.53. The highest BCUT2D eigenvalue weighted by atomic mass is 35.5. The molecule has 2 heterocycles. The summed E-state index contributed by atoms with van der Waals surface area (Å²) in [5.41, 5.74) is 2.59. The second-order valence-corrected chi connectivity index (χ2v) is 3.32. The van der Waals surface area contributed by atoms with Gasteiger partial charge in [-0.2, -0.15) is 5.10 Å². The molecule has 2 rings (SSSR count). The lowest BCUT2D eigenvalue weighted by Crippen LogP contribution is -1.94. The van der Waals surface area contributed by atoms with Gasteiger partial charge in [-0.05, 0) is 13.0 Å². The van der Waals surface area contributed by atoms with Crippen molar-refractivity contribution in [3.8, 4) is 11.5 Å². The first kappa shape index (κ1) is 9.27. The maximum Gasteiger partial charge on any atom is 0.181 e. The van der Waals surface area contributed by atoms with Crippen LogP contribution in [0.5, 0.6) is 0 Å². The summed E-state index contributed by atoms with van der Waals surface area (Å²) in [4.78, 5) is 4.02. The van der Waals surface area contributed by atoms with Crippen molar-refractivity contribution in [2.24, 2.45) is 7.05 Å². The lowest BCUT2D eigenvalue weighted by Gasteiger charge is -1.97. The lowest BCUT2D eigenvalue weighted by molar-refractivity contribution is 0.563. The molecule has 0 amide bonds. The normalized spacial score (nSPS) is 10.8. The van der Waals surface area contributed by atoms with Crippen molar-refractivity contribution in [2.75, 3.05) is 0 Å². The molecule has 0 aliphatic carbocycles. The van der Waals surface area contributed by atoms with Gasteiger partial charge in [0, 0.05) is 7.05 Å². The van der Waals surface area contributed by atoms with Crippen molar-refractivity contribution in [1.82, 2.24) is 14.8 Å². The number of hydrogen-bond acceptors (Lipinski definition) is 3. The number of nitrogens with zero attached hydrogens (tertiary/aromatic N) is 3. The molecule has 14 heavy (non-hydrogen) atoms. The quantitative estimate of drug-likeness (QED) is 0.715. The zero-order valence-electron chi connectivity index (χ0n) is 7.99. The van der Waals surface area contributed by atoms with Crippen molar-refractivity contribution in [3.05, 3.63) is 23.8 Å². The second kappa shape index (κ2) is 3.46. The number of hydrogen-bond donors (Lipinski definition) is 0. The Morgan fingerprint density at radius 2 is 2.36 bits per heavy atom. The van der Waals surface area contributed by atoms with E-state index in [4.69, 9.17) is 16.0 Å². The SMILES string of the molecule is Cc1cc(-c2ocnc2CCl)n(C)n1. The summed E-state index contributed by atoms with van der Waals surface area (Å²) < 4.78 is 7.04. The molecule has 0 unspecified atom stereocenters. The van der Waals surface area contributed by atoms with E-state index in [-0.39, 0.29) is 0 Å². The van der Waals surface area contributed by atoms with E-state index in [1.807, 2.05) is 20.0 Å². The minimum Gasteiger partial charge on any atom is -0.442 e. The third-order valence-electron chi connectivity index (χ3n) is 2.00. The zero-order valence-corrected chi connectivity index (χ0v) is 8.75. The minimum atomic E-state index is 0.343. The van der Waals surface area contributed by atoms with Crippen LogP contribution in [0.3, 0.4) is 0 Å². The fraction of sp³-hybridized carbons (Fsp3) is 0.333. The molecule has 0 N–H and O–H groups in total. The van der Waals surface area contributed by atoms with Crippen LogP contribution < -0.4 is 0 Å². The molecule has 2 aromatic heterocycles.